The highest BCUT2D eigenvalue weighted by Crippen LogP contribution is 2.12. The van der Waals surface area contributed by atoms with Gasteiger partial charge in [0.2, 0.25) is 0 Å². The summed E-state index contributed by atoms with van der Waals surface area (Å²) in [5, 5.41) is 3.66. The first-order valence-electron chi connectivity index (χ1n) is 5.62. The molecule has 0 amide bonds. The molecule has 0 radical (unpaired) electrons. The Kier molecular flexibility index (Phi) is 5.13. The predicted molar refractivity (Wildman–Crippen MR) is 89.4 cm³/mol. The summed E-state index contributed by atoms with van der Waals surface area (Å²) in [6, 6.07) is 14.2. The molecule has 0 aliphatic rings. The van der Waals surface area contributed by atoms with Crippen LogP contribution in [0.4, 0.5) is 0 Å². The summed E-state index contributed by atoms with van der Waals surface area (Å²) < 4.78 is 1.91. The molecule has 0 unspecified atom stereocenters. The Morgan fingerprint density at radius 1 is 1.15 bits per heavy atom. The molecule has 0 heterocycles. The van der Waals surface area contributed by atoms with Crippen LogP contribution in [0.1, 0.15) is 15.9 Å². The number of nitrogens with two attached hydrogens (primary N) is 1. The average Bonchev–Trinajstić information content (AvgIpc) is 2.45. The topological polar surface area (TPSA) is 64.7 Å². The van der Waals surface area contributed by atoms with E-state index < -0.39 is 5.97 Å². The molecule has 0 aliphatic heterocycles. The van der Waals surface area contributed by atoms with Gasteiger partial charge in [-0.2, -0.15) is 0 Å². The highest BCUT2D eigenvalue weighted by atomic mass is 127. The van der Waals surface area contributed by atoms with Crippen molar-refractivity contribution < 1.29 is 9.63 Å². The van der Waals surface area contributed by atoms with Gasteiger partial charge < -0.3 is 10.6 Å². The van der Waals surface area contributed by atoms with Crippen LogP contribution in [0.3, 0.4) is 0 Å². The standard InChI is InChI=1S/C14H10BrIN2O2/c15-11-3-1-2-10(8-11)13(17)18-20-14(19)9-4-6-12(16)7-5-9/h1-8H,(H2,17,18). The van der Waals surface area contributed by atoms with Crippen LogP contribution in [-0.2, 0) is 4.84 Å². The number of nitrogens with zero attached hydrogens (tertiary/aromatic N) is 1. The molecule has 2 aromatic carbocycles. The number of halogens is 2. The fourth-order valence-corrected chi connectivity index (χ4v) is 2.19. The van der Waals surface area contributed by atoms with Crippen molar-refractivity contribution in [2.45, 2.75) is 0 Å². The quantitative estimate of drug-likeness (QED) is 0.259. The zero-order valence-corrected chi connectivity index (χ0v) is 14.0. The number of rotatable bonds is 3. The number of carbonyl (C=O) groups is 1. The van der Waals surface area contributed by atoms with Crippen molar-refractivity contribution in [3.05, 3.63) is 67.7 Å². The molecule has 0 spiro atoms. The van der Waals surface area contributed by atoms with Gasteiger partial charge in [-0.05, 0) is 59.0 Å². The van der Waals surface area contributed by atoms with Gasteiger partial charge in [0.25, 0.3) is 0 Å². The van der Waals surface area contributed by atoms with Crippen molar-refractivity contribution in [2.24, 2.45) is 10.9 Å². The number of benzene rings is 2. The normalized spacial score (nSPS) is 11.2. The maximum absolute atomic E-state index is 11.8. The molecule has 2 rings (SSSR count). The van der Waals surface area contributed by atoms with Crippen LogP contribution in [0.25, 0.3) is 0 Å². The third-order valence-electron chi connectivity index (χ3n) is 2.43. The summed E-state index contributed by atoms with van der Waals surface area (Å²) in [5.41, 5.74) is 6.87. The Hall–Kier alpha value is -1.41. The van der Waals surface area contributed by atoms with E-state index in [4.69, 9.17) is 10.6 Å². The lowest BCUT2D eigenvalue weighted by Gasteiger charge is -2.02. The third-order valence-corrected chi connectivity index (χ3v) is 3.64. The summed E-state index contributed by atoms with van der Waals surface area (Å²) in [6.45, 7) is 0. The molecule has 20 heavy (non-hydrogen) atoms. The summed E-state index contributed by atoms with van der Waals surface area (Å²) in [6.07, 6.45) is 0. The Labute approximate surface area is 138 Å². The fraction of sp³-hybridized carbons (Fsp3) is 0. The van der Waals surface area contributed by atoms with E-state index in [1.54, 1.807) is 24.3 Å². The monoisotopic (exact) mass is 444 g/mol. The van der Waals surface area contributed by atoms with Crippen LogP contribution in [0.5, 0.6) is 0 Å². The van der Waals surface area contributed by atoms with Crippen molar-refractivity contribution in [1.82, 2.24) is 0 Å². The summed E-state index contributed by atoms with van der Waals surface area (Å²) in [7, 11) is 0. The molecule has 4 nitrogen and oxygen atoms in total. The molecule has 102 valence electrons. The average molecular weight is 445 g/mol. The number of carbonyl (C=O) groups excluding carboxylic acids is 1. The van der Waals surface area contributed by atoms with Crippen LogP contribution in [0.15, 0.2) is 58.2 Å². The van der Waals surface area contributed by atoms with Crippen molar-refractivity contribution in [3.8, 4) is 0 Å². The minimum atomic E-state index is -0.542. The third kappa shape index (κ3) is 4.04. The van der Waals surface area contributed by atoms with E-state index in [1.807, 2.05) is 24.3 Å². The maximum atomic E-state index is 11.8. The smallest absolute Gasteiger partial charge is 0.365 e. The molecular weight excluding hydrogens is 435 g/mol. The Morgan fingerprint density at radius 2 is 1.85 bits per heavy atom. The van der Waals surface area contributed by atoms with E-state index in [0.29, 0.717) is 11.1 Å². The molecule has 0 aromatic heterocycles. The van der Waals surface area contributed by atoms with Gasteiger partial charge in [0.15, 0.2) is 5.84 Å². The van der Waals surface area contributed by atoms with Crippen molar-refractivity contribution in [2.75, 3.05) is 0 Å². The van der Waals surface area contributed by atoms with Gasteiger partial charge in [-0.25, -0.2) is 4.79 Å². The zero-order valence-electron chi connectivity index (χ0n) is 10.2. The van der Waals surface area contributed by atoms with Crippen LogP contribution in [0.2, 0.25) is 0 Å². The predicted octanol–water partition coefficient (Wildman–Crippen LogP) is 3.53. The summed E-state index contributed by atoms with van der Waals surface area (Å²) in [4.78, 5) is 16.6. The molecule has 2 aromatic rings. The number of oxime groups is 1. The van der Waals surface area contributed by atoms with Crippen LogP contribution >= 0.6 is 38.5 Å². The Balaban J connectivity index is 2.08. The van der Waals surface area contributed by atoms with Crippen molar-refractivity contribution in [1.29, 1.82) is 0 Å². The SMILES string of the molecule is N/C(=N/OC(=O)c1ccc(I)cc1)c1cccc(Br)c1. The van der Waals surface area contributed by atoms with Crippen molar-refractivity contribution >= 4 is 50.3 Å². The number of amidine groups is 1. The second-order valence-electron chi connectivity index (χ2n) is 3.87. The summed E-state index contributed by atoms with van der Waals surface area (Å²) >= 11 is 5.49. The van der Waals surface area contributed by atoms with E-state index in [0.717, 1.165) is 8.04 Å². The van der Waals surface area contributed by atoms with E-state index in [-0.39, 0.29) is 5.84 Å². The molecule has 0 aliphatic carbocycles. The van der Waals surface area contributed by atoms with Gasteiger partial charge in [-0.15, -0.1) is 0 Å². The van der Waals surface area contributed by atoms with Gasteiger partial charge in [-0.3, -0.25) is 0 Å². The van der Waals surface area contributed by atoms with E-state index in [9.17, 15) is 4.79 Å². The number of hydrogen-bond donors (Lipinski definition) is 1. The van der Waals surface area contributed by atoms with Crippen LogP contribution in [-0.4, -0.2) is 11.8 Å². The van der Waals surface area contributed by atoms with Crippen LogP contribution < -0.4 is 5.73 Å². The second kappa shape index (κ2) is 6.85. The minimum Gasteiger partial charge on any atom is -0.380 e. The van der Waals surface area contributed by atoms with Gasteiger partial charge in [-0.1, -0.05) is 33.2 Å². The first kappa shape index (κ1) is 15.0. The highest BCUT2D eigenvalue weighted by Gasteiger charge is 2.07. The highest BCUT2D eigenvalue weighted by molar-refractivity contribution is 14.1. The lowest BCUT2D eigenvalue weighted by atomic mass is 10.2. The van der Waals surface area contributed by atoms with Gasteiger partial charge in [0.1, 0.15) is 0 Å². The zero-order chi connectivity index (χ0) is 14.5. The molecule has 0 saturated heterocycles. The first-order valence-corrected chi connectivity index (χ1v) is 7.50. The lowest BCUT2D eigenvalue weighted by molar-refractivity contribution is 0.0516. The summed E-state index contributed by atoms with van der Waals surface area (Å²) in [5.74, 6) is -0.399. The lowest BCUT2D eigenvalue weighted by Crippen LogP contribution is -2.15. The van der Waals surface area contributed by atoms with Gasteiger partial charge >= 0.3 is 5.97 Å². The molecule has 0 fully saturated rings. The largest absolute Gasteiger partial charge is 0.380 e. The molecular formula is C14H10BrIN2O2. The molecule has 6 heteroatoms. The van der Waals surface area contributed by atoms with Crippen LogP contribution in [0, 0.1) is 3.57 Å². The molecule has 0 atom stereocenters. The minimum absolute atomic E-state index is 0.144. The molecule has 2 N–H and O–H groups in total. The second-order valence-corrected chi connectivity index (χ2v) is 6.03. The Bertz CT molecular complexity index is 656. The van der Waals surface area contributed by atoms with E-state index in [1.165, 1.54) is 0 Å². The maximum Gasteiger partial charge on any atom is 0.365 e. The van der Waals surface area contributed by atoms with E-state index >= 15 is 0 Å². The first-order chi connectivity index (χ1) is 9.56. The molecule has 0 bridgehead atoms. The van der Waals surface area contributed by atoms with E-state index in [2.05, 4.69) is 43.7 Å². The fourth-order valence-electron chi connectivity index (χ4n) is 1.43. The van der Waals surface area contributed by atoms with Gasteiger partial charge in [0, 0.05) is 13.6 Å². The molecule has 0 saturated carbocycles. The Morgan fingerprint density at radius 3 is 2.50 bits per heavy atom. The van der Waals surface area contributed by atoms with Gasteiger partial charge in [0.05, 0.1) is 5.56 Å². The van der Waals surface area contributed by atoms with Crippen molar-refractivity contribution in [3.63, 3.8) is 0 Å². The number of hydrogen-bond acceptors (Lipinski definition) is 3.